The first-order valence-corrected chi connectivity index (χ1v) is 48.7. The summed E-state index contributed by atoms with van der Waals surface area (Å²) in [4.78, 5) is 66.6. The minimum absolute atomic E-state index is 0.0199. The molecule has 30 nitrogen and oxygen atoms in total. The van der Waals surface area contributed by atoms with Gasteiger partial charge in [-0.2, -0.15) is 21.3 Å². The number of nitrogens with zero attached hydrogens (tertiary/aromatic N) is 7. The molecule has 6 aliphatic heterocycles. The van der Waals surface area contributed by atoms with Crippen molar-refractivity contribution in [2.24, 2.45) is 5.73 Å². The Morgan fingerprint density at radius 1 is 0.522 bits per heavy atom. The second kappa shape index (κ2) is 45.5. The number of sulfonamides is 3. The number of alkyl halides is 1. The van der Waals surface area contributed by atoms with Crippen molar-refractivity contribution in [1.82, 2.24) is 49.3 Å². The molecule has 6 heterocycles. The second-order valence-corrected chi connectivity index (χ2v) is 43.8. The van der Waals surface area contributed by atoms with Gasteiger partial charge >= 0.3 is 12.3 Å². The predicted molar refractivity (Wildman–Crippen MR) is 455 cm³/mol. The molecule has 4 aromatic rings. The van der Waals surface area contributed by atoms with E-state index in [1.54, 1.807) is 65.2 Å². The predicted octanol–water partition coefficient (Wildman–Crippen LogP) is 8.22. The third-order valence-corrected chi connectivity index (χ3v) is 26.6. The van der Waals surface area contributed by atoms with E-state index in [4.69, 9.17) is 38.3 Å². The molecule has 0 aliphatic carbocycles. The Kier molecular flexibility index (Phi) is 40.6. The third-order valence-electron chi connectivity index (χ3n) is 17.2. The lowest BCUT2D eigenvalue weighted by Gasteiger charge is -2.29. The molecule has 5 amide bonds. The van der Waals surface area contributed by atoms with Crippen LogP contribution in [0, 0.1) is 13.1 Å². The van der Waals surface area contributed by atoms with Gasteiger partial charge in [-0.25, -0.2) is 51.0 Å². The van der Waals surface area contributed by atoms with Gasteiger partial charge < -0.3 is 32.3 Å². The molecule has 2 fully saturated rings. The molecule has 0 saturated carbocycles. The topological polar surface area (TPSA) is 404 Å². The average Bonchev–Trinajstić information content (AvgIpc) is 1.67. The highest BCUT2D eigenvalue weighted by molar-refractivity contribution is 9.09. The highest BCUT2D eigenvalue weighted by atomic mass is 79.9. The van der Waals surface area contributed by atoms with Crippen molar-refractivity contribution in [3.05, 3.63) is 202 Å². The molecule has 8 N–H and O–H groups in total. The molecule has 6 aliphatic rings. The molecule has 40 heteroatoms. The van der Waals surface area contributed by atoms with Crippen molar-refractivity contribution in [2.75, 3.05) is 53.7 Å². The van der Waals surface area contributed by atoms with Crippen molar-refractivity contribution < 1.29 is 74.8 Å². The number of benzene rings is 4. The third kappa shape index (κ3) is 38.3. The Hall–Kier alpha value is -6.60. The molecule has 0 unspecified atom stereocenters. The van der Waals surface area contributed by atoms with Gasteiger partial charge in [0, 0.05) is 132 Å². The van der Waals surface area contributed by atoms with Gasteiger partial charge in [-0.1, -0.05) is 133 Å². The van der Waals surface area contributed by atoms with Gasteiger partial charge in [-0.3, -0.25) is 48.0 Å². The lowest BCUT2D eigenvalue weighted by molar-refractivity contribution is -0.131. The van der Waals surface area contributed by atoms with Gasteiger partial charge in [0.1, 0.15) is 0 Å². The number of nitrogens with one attached hydrogen (secondary N) is 5. The van der Waals surface area contributed by atoms with Crippen LogP contribution in [0.3, 0.4) is 0 Å². The quantitative estimate of drug-likeness (QED) is 0.0121. The fourth-order valence-electron chi connectivity index (χ4n) is 12.4. The molecule has 0 bridgehead atoms. The largest absolute Gasteiger partial charge is 0.347 e. The molecular weight excluding hydrogens is 1730 g/mol. The van der Waals surface area contributed by atoms with Crippen LogP contribution in [-0.2, 0) is 135 Å². The number of carbonyl (C=O) groups excluding carboxylic acids is 5. The van der Waals surface area contributed by atoms with Crippen molar-refractivity contribution >= 4 is 136 Å². The van der Waals surface area contributed by atoms with E-state index < -0.39 is 104 Å². The van der Waals surface area contributed by atoms with Crippen molar-refractivity contribution in [3.8, 4) is 0 Å². The molecule has 638 valence electrons. The van der Waals surface area contributed by atoms with E-state index in [1.165, 1.54) is 37.9 Å². The molecular formula is C75H107BrCl3N13O17S6. The monoisotopic (exact) mass is 1840 g/mol. The number of likely N-dealkylation sites (tertiary alicyclic amines) is 2. The second-order valence-electron chi connectivity index (χ2n) is 30.6. The highest BCUT2D eigenvalue weighted by Gasteiger charge is 2.40. The lowest BCUT2D eigenvalue weighted by Crippen LogP contribution is -2.52. The van der Waals surface area contributed by atoms with Gasteiger partial charge in [0.05, 0.1) is 46.2 Å². The molecule has 0 spiro atoms. The average molecular weight is 1840 g/mol. The van der Waals surface area contributed by atoms with E-state index >= 15 is 0 Å². The van der Waals surface area contributed by atoms with Gasteiger partial charge in [0.15, 0.2) is 0 Å². The minimum atomic E-state index is -4.08. The summed E-state index contributed by atoms with van der Waals surface area (Å²) in [7, 11) is -5.50. The van der Waals surface area contributed by atoms with E-state index in [0.29, 0.717) is 57.6 Å². The van der Waals surface area contributed by atoms with Crippen LogP contribution in [0.2, 0.25) is 0 Å². The Morgan fingerprint density at radius 2 is 0.800 bits per heavy atom. The van der Waals surface area contributed by atoms with Crippen LogP contribution in [0.15, 0.2) is 135 Å². The van der Waals surface area contributed by atoms with E-state index in [2.05, 4.69) is 118 Å². The van der Waals surface area contributed by atoms with Crippen LogP contribution < -0.4 is 32.3 Å². The molecule has 0 aromatic heterocycles. The van der Waals surface area contributed by atoms with Crippen molar-refractivity contribution in [1.29, 1.82) is 0 Å². The number of carbonyl (C=O) groups is 5. The summed E-state index contributed by atoms with van der Waals surface area (Å²) in [5.41, 5.74) is 10.8. The maximum atomic E-state index is 12.9. The Morgan fingerprint density at radius 3 is 1.08 bits per heavy atom. The maximum Gasteiger partial charge on any atom is 0.300 e. The minimum Gasteiger partial charge on any atom is -0.347 e. The van der Waals surface area contributed by atoms with Crippen LogP contribution in [0.4, 0.5) is 0 Å². The smallest absolute Gasteiger partial charge is 0.300 e. The fraction of sp³-hybridized carbons (Fsp3) is 0.507. The zero-order chi connectivity index (χ0) is 87.4. The van der Waals surface area contributed by atoms with E-state index in [9.17, 15) is 66.1 Å². The number of rotatable bonds is 23. The summed E-state index contributed by atoms with van der Waals surface area (Å²) in [6, 6.07) is 31.8. The number of nitrogens with two attached hydrogens (primary N) is 1. The first kappa shape index (κ1) is 103. The molecule has 4 aromatic carbocycles. The summed E-state index contributed by atoms with van der Waals surface area (Å²) in [6.07, 6.45) is 6.02. The zero-order valence-corrected chi connectivity index (χ0v) is 75.0. The number of hydrogen-bond acceptors (Lipinski definition) is 19. The number of hydrogen-bond donors (Lipinski definition) is 7. The Labute approximate surface area is 703 Å². The number of fused-ring (bicyclic) bond motifs is 4. The summed E-state index contributed by atoms with van der Waals surface area (Å²) in [5.74, 6) is -2.49. The maximum absolute atomic E-state index is 12.9. The molecule has 10 rings (SSSR count). The molecule has 0 radical (unpaired) electrons. The van der Waals surface area contributed by atoms with Gasteiger partial charge in [0.25, 0.3) is 10.1 Å². The number of amides is 5. The van der Waals surface area contributed by atoms with Crippen molar-refractivity contribution in [2.45, 2.75) is 187 Å². The Balaban J connectivity index is 0.000000354. The van der Waals surface area contributed by atoms with Gasteiger partial charge in [-0.05, 0) is 145 Å². The molecule has 115 heavy (non-hydrogen) atoms. The molecule has 2 atom stereocenters. The first-order valence-electron chi connectivity index (χ1n) is 35.8. The van der Waals surface area contributed by atoms with E-state index in [0.717, 1.165) is 90.5 Å². The van der Waals surface area contributed by atoms with E-state index in [1.807, 2.05) is 72.8 Å². The van der Waals surface area contributed by atoms with Gasteiger partial charge in [0.2, 0.25) is 77.9 Å². The van der Waals surface area contributed by atoms with Crippen LogP contribution in [-0.4, -0.2) is 197 Å². The SMILES string of the molecule is C=CC(=O)NC(C)(C)CS(=O)(=O)Cl.C=CC(=O)NC(C)(C)CS(=O)(=O)N1Cc2ccccc2C1.C=CC(=O)NC(C)(C)CS(=O)(=O)O.CC(C)(N)CS(=O)(=O)N1Cc2ccccc2C1.O=S(Cl)Cl.[C-]#[N+][C@@H]1CCCN1C(=O)CBr.[C-]#[N+][C@@H]1CCCN1C(=O)CNC(C)(C)CS(=O)(=O)N1Cc2ccccc2C1.c1ccc2c(c1)CNC2. The summed E-state index contributed by atoms with van der Waals surface area (Å²) in [6.45, 7) is 46.3. The lowest BCUT2D eigenvalue weighted by atomic mass is 10.1. The van der Waals surface area contributed by atoms with Crippen molar-refractivity contribution in [3.63, 3.8) is 0 Å². The Bertz CT molecular complexity index is 4610. The van der Waals surface area contributed by atoms with Crippen LogP contribution >= 0.6 is 48.0 Å². The standard InChI is InChI=1S/C19H26N4O3S.C15H20N2O3S.C12H18N2O2S.C8H9N.C7H9BrN2O.C7H12ClNO3S.C7H13NO4S.Cl2OS/c1-19(2,21-11-18(24)23-10-6-9-17(23)20-3)14-27(25,26)22-12-15-7-4-5-8-16(15)13-22;1-4-14(18)16-15(2,3)11-21(19,20)17-9-12-7-5-6-8-13(12)10-17;1-12(2,13)9-17(15,16)14-7-10-5-3-4-6-11(10)8-14;1-2-4-8-6-9-5-7(8)3-1;1-9-6-3-2-4-10(6)7(11)5-8;1-4-6(10)9-7(2,3)5-13(8,11)12;1-4-6(9)8-7(2,3)5-13(10,11)12;1-4(2)3/h4-5,7-8,17,21H,6,9-14H2,1-2H3;4-8H,1,9-11H2,2-3H3,(H,16,18);3-6H,7-9,13H2,1-2H3;1-4,9H,5-6H2;6H,2-5H2;4H,1,5H2,2-3H3,(H,9,10);4H,1,5H2,2-3H3,(H,8,9)(H,10,11,12);/t17-;;;;6-;;;/m0...0.../s1. The van der Waals surface area contributed by atoms with E-state index in [-0.39, 0.29) is 59.6 Å². The number of halogens is 4. The molecule has 2 saturated heterocycles. The van der Waals surface area contributed by atoms with Crippen LogP contribution in [0.5, 0.6) is 0 Å². The highest BCUT2D eigenvalue weighted by Crippen LogP contribution is 2.30. The normalized spacial score (nSPS) is 16.7. The summed E-state index contributed by atoms with van der Waals surface area (Å²) >= 11 is 3.09. The van der Waals surface area contributed by atoms with Gasteiger partial charge in [-0.15, -0.1) is 0 Å². The summed E-state index contributed by atoms with van der Waals surface area (Å²) < 4.78 is 140. The fourth-order valence-corrected chi connectivity index (χ4v) is 21.0. The zero-order valence-electron chi connectivity index (χ0n) is 66.2. The van der Waals surface area contributed by atoms with Crippen LogP contribution in [0.25, 0.3) is 9.69 Å². The van der Waals surface area contributed by atoms with Crippen LogP contribution in [0.1, 0.15) is 139 Å². The first-order chi connectivity index (χ1) is 53.0. The summed E-state index contributed by atoms with van der Waals surface area (Å²) in [5, 5.41) is 14.2.